The monoisotopic (exact) mass is 846 g/mol. The summed E-state index contributed by atoms with van der Waals surface area (Å²) in [5.74, 6) is 0. The second kappa shape index (κ2) is 14.4. The fraction of sp³-hybridized carbons (Fsp3) is 0.0794. The minimum atomic E-state index is -0.102. The van der Waals surface area contributed by atoms with Gasteiger partial charge in [-0.05, 0) is 159 Å². The zero-order valence-electron chi connectivity index (χ0n) is 37.4. The molecule has 1 aliphatic rings. The molecule has 10 aromatic carbocycles. The Morgan fingerprint density at radius 2 is 1.05 bits per heavy atom. The highest BCUT2D eigenvalue weighted by Crippen LogP contribution is 2.52. The lowest BCUT2D eigenvalue weighted by Gasteiger charge is -2.26. The van der Waals surface area contributed by atoms with E-state index in [2.05, 4.69) is 231 Å². The van der Waals surface area contributed by atoms with Gasteiger partial charge in [0.05, 0.1) is 11.0 Å². The number of rotatable bonds is 6. The van der Waals surface area contributed by atoms with E-state index >= 15 is 0 Å². The zero-order valence-corrected chi connectivity index (χ0v) is 37.4. The van der Waals surface area contributed by atoms with Crippen molar-refractivity contribution in [3.8, 4) is 39.1 Å². The molecule has 0 saturated carbocycles. The van der Waals surface area contributed by atoms with E-state index in [0.29, 0.717) is 0 Å². The molecule has 0 unspecified atom stereocenters. The third-order valence-corrected chi connectivity index (χ3v) is 14.4. The van der Waals surface area contributed by atoms with Crippen LogP contribution in [-0.2, 0) is 5.41 Å². The van der Waals surface area contributed by atoms with E-state index in [9.17, 15) is 0 Å². The molecule has 0 saturated heterocycles. The smallest absolute Gasteiger partial charge is 0.137 e. The first-order valence-electron chi connectivity index (χ1n) is 23.0. The first-order valence-corrected chi connectivity index (χ1v) is 23.0. The fourth-order valence-electron chi connectivity index (χ4n) is 11.3. The maximum Gasteiger partial charge on any atom is 0.137 e. The van der Waals surface area contributed by atoms with Crippen molar-refractivity contribution in [2.75, 3.05) is 4.90 Å². The molecule has 2 aromatic heterocycles. The summed E-state index contributed by atoms with van der Waals surface area (Å²) in [4.78, 5) is 2.32. The number of anilines is 3. The van der Waals surface area contributed by atoms with Gasteiger partial charge in [-0.25, -0.2) is 0 Å². The van der Waals surface area contributed by atoms with Gasteiger partial charge in [-0.15, -0.1) is 0 Å². The summed E-state index contributed by atoms with van der Waals surface area (Å²) in [5, 5.41) is 7.39. The van der Waals surface area contributed by atoms with Crippen molar-refractivity contribution in [3.63, 3.8) is 0 Å². The van der Waals surface area contributed by atoms with E-state index in [-0.39, 0.29) is 5.41 Å². The number of hydrogen-bond donors (Lipinski definition) is 0. The van der Waals surface area contributed by atoms with Gasteiger partial charge in [0.25, 0.3) is 0 Å². The lowest BCUT2D eigenvalue weighted by Crippen LogP contribution is -2.15. The van der Waals surface area contributed by atoms with Crippen LogP contribution in [0, 0.1) is 13.8 Å². The molecular formula is C63H46N2O. The number of aromatic nitrogens is 1. The number of nitrogens with zero attached hydrogens (tertiary/aromatic N) is 2. The van der Waals surface area contributed by atoms with Crippen LogP contribution in [0.4, 0.5) is 17.1 Å². The SMILES string of the molecule is Cc1cc(-c2ccc3c(c2)c2cc4ccc5c(c4cc2n3-c2ccccc2)C(C)(C)c2ccccc2-5)ccc1-c1ccc(N(c2ccccc2)c2ccc3c(c2)oc2ccccc23)cc1C. The molecule has 3 nitrogen and oxygen atoms in total. The Hall–Kier alpha value is -8.14. The van der Waals surface area contributed by atoms with E-state index in [4.69, 9.17) is 4.42 Å². The molecule has 66 heavy (non-hydrogen) atoms. The standard InChI is InChI=1S/C63H46N2O/c1-39-33-41(23-28-48(39)49-30-26-46(34-40(49)2)64(44-15-7-5-8-16-44)47-27-31-52-51-20-12-14-22-60(51)66-61(52)37-47)42-25-32-58-55(35-42)56-36-43-24-29-53-50-19-11-13-21-57(50)63(3,4)62(53)54(43)38-59(56)65(58)45-17-9-6-10-18-45/h5-38H,1-4H3. The molecule has 0 radical (unpaired) electrons. The summed E-state index contributed by atoms with van der Waals surface area (Å²) in [6, 6.07) is 75.6. The van der Waals surface area contributed by atoms with Crippen molar-refractivity contribution in [1.82, 2.24) is 4.57 Å². The summed E-state index contributed by atoms with van der Waals surface area (Å²) in [6.45, 7) is 9.24. The van der Waals surface area contributed by atoms with Crippen molar-refractivity contribution in [2.45, 2.75) is 33.1 Å². The third kappa shape index (κ3) is 5.76. The number of para-hydroxylation sites is 3. The number of aryl methyl sites for hydroxylation is 2. The first kappa shape index (κ1) is 38.3. The molecule has 0 bridgehead atoms. The Morgan fingerprint density at radius 3 is 1.86 bits per heavy atom. The van der Waals surface area contributed by atoms with Gasteiger partial charge < -0.3 is 13.9 Å². The van der Waals surface area contributed by atoms with Gasteiger partial charge in [-0.3, -0.25) is 0 Å². The molecule has 0 amide bonds. The number of hydrogen-bond acceptors (Lipinski definition) is 2. The van der Waals surface area contributed by atoms with Gasteiger partial charge in [-0.2, -0.15) is 0 Å². The molecule has 0 aliphatic heterocycles. The maximum absolute atomic E-state index is 6.35. The van der Waals surface area contributed by atoms with Gasteiger partial charge in [0.2, 0.25) is 0 Å². The molecule has 0 N–H and O–H groups in total. The molecule has 314 valence electrons. The lowest BCUT2D eigenvalue weighted by molar-refractivity contribution is 0.666. The fourth-order valence-corrected chi connectivity index (χ4v) is 11.3. The molecule has 1 aliphatic carbocycles. The van der Waals surface area contributed by atoms with Crippen LogP contribution in [0.3, 0.4) is 0 Å². The quantitative estimate of drug-likeness (QED) is 0.166. The van der Waals surface area contributed by atoms with E-state index in [0.717, 1.165) is 39.0 Å². The van der Waals surface area contributed by atoms with Gasteiger partial charge in [0.15, 0.2) is 0 Å². The molecule has 0 spiro atoms. The summed E-state index contributed by atoms with van der Waals surface area (Å²) in [7, 11) is 0. The van der Waals surface area contributed by atoms with Gasteiger partial charge in [0.1, 0.15) is 11.2 Å². The van der Waals surface area contributed by atoms with Gasteiger partial charge in [-0.1, -0.05) is 135 Å². The summed E-state index contributed by atoms with van der Waals surface area (Å²) >= 11 is 0. The molecule has 12 aromatic rings. The van der Waals surface area contributed by atoms with E-state index in [1.165, 1.54) is 93.9 Å². The largest absolute Gasteiger partial charge is 0.456 e. The Kier molecular flexibility index (Phi) is 8.38. The topological polar surface area (TPSA) is 21.3 Å². The molecular weight excluding hydrogens is 801 g/mol. The minimum absolute atomic E-state index is 0.102. The van der Waals surface area contributed by atoms with Gasteiger partial charge in [0, 0.05) is 55.8 Å². The molecule has 0 fully saturated rings. The zero-order chi connectivity index (χ0) is 44.3. The summed E-state index contributed by atoms with van der Waals surface area (Å²) in [5.41, 5.74) is 21.4. The first-order chi connectivity index (χ1) is 32.3. The number of benzene rings is 10. The minimum Gasteiger partial charge on any atom is -0.456 e. The van der Waals surface area contributed by atoms with Gasteiger partial charge >= 0.3 is 0 Å². The molecule has 0 atom stereocenters. The highest BCUT2D eigenvalue weighted by molar-refractivity contribution is 6.16. The van der Waals surface area contributed by atoms with E-state index < -0.39 is 0 Å². The molecule has 3 heteroatoms. The summed E-state index contributed by atoms with van der Waals surface area (Å²) < 4.78 is 8.80. The molecule has 2 heterocycles. The van der Waals surface area contributed by atoms with Crippen molar-refractivity contribution in [3.05, 3.63) is 229 Å². The van der Waals surface area contributed by atoms with E-state index in [1.807, 2.05) is 12.1 Å². The van der Waals surface area contributed by atoms with Crippen LogP contribution >= 0.6 is 0 Å². The Bertz CT molecular complexity index is 3930. The van der Waals surface area contributed by atoms with Crippen molar-refractivity contribution < 1.29 is 4.42 Å². The van der Waals surface area contributed by atoms with Crippen LogP contribution in [-0.4, -0.2) is 4.57 Å². The average Bonchev–Trinajstić information content (AvgIpc) is 3.96. The Morgan fingerprint density at radius 1 is 0.409 bits per heavy atom. The normalized spacial score (nSPS) is 13.0. The van der Waals surface area contributed by atoms with Crippen molar-refractivity contribution in [2.24, 2.45) is 0 Å². The lowest BCUT2D eigenvalue weighted by atomic mass is 9.80. The van der Waals surface area contributed by atoms with Crippen LogP contribution < -0.4 is 4.90 Å². The molecule has 13 rings (SSSR count). The van der Waals surface area contributed by atoms with Crippen LogP contribution in [0.15, 0.2) is 211 Å². The number of fused-ring (bicyclic) bond motifs is 11. The highest BCUT2D eigenvalue weighted by atomic mass is 16.3. The number of furan rings is 1. The predicted molar refractivity (Wildman–Crippen MR) is 278 cm³/mol. The Balaban J connectivity index is 0.892. The van der Waals surface area contributed by atoms with E-state index in [1.54, 1.807) is 0 Å². The third-order valence-electron chi connectivity index (χ3n) is 14.4. The van der Waals surface area contributed by atoms with Crippen molar-refractivity contribution in [1.29, 1.82) is 0 Å². The van der Waals surface area contributed by atoms with Crippen LogP contribution in [0.1, 0.15) is 36.1 Å². The van der Waals surface area contributed by atoms with Crippen LogP contribution in [0.5, 0.6) is 0 Å². The maximum atomic E-state index is 6.35. The van der Waals surface area contributed by atoms with Crippen LogP contribution in [0.25, 0.3) is 93.6 Å². The highest BCUT2D eigenvalue weighted by Gasteiger charge is 2.37. The van der Waals surface area contributed by atoms with Crippen molar-refractivity contribution >= 4 is 71.6 Å². The second-order valence-electron chi connectivity index (χ2n) is 18.6. The predicted octanol–water partition coefficient (Wildman–Crippen LogP) is 17.6. The Labute approximate surface area is 384 Å². The second-order valence-corrected chi connectivity index (χ2v) is 18.6. The summed E-state index contributed by atoms with van der Waals surface area (Å²) in [6.07, 6.45) is 0. The van der Waals surface area contributed by atoms with Crippen LogP contribution in [0.2, 0.25) is 0 Å². The average molecular weight is 847 g/mol.